The fourth-order valence-electron chi connectivity index (χ4n) is 2.38. The first kappa shape index (κ1) is 13.4. The minimum atomic E-state index is -0.953. The number of rotatable bonds is 4. The number of aliphatic carboxylic acids is 1. The molecule has 1 aliphatic heterocycles. The Labute approximate surface area is 111 Å². The topological polar surface area (TPSA) is 66.8 Å². The Morgan fingerprint density at radius 3 is 2.84 bits per heavy atom. The Morgan fingerprint density at radius 2 is 2.16 bits per heavy atom. The second-order valence-corrected chi connectivity index (χ2v) is 4.51. The van der Waals surface area contributed by atoms with Crippen molar-refractivity contribution in [1.29, 1.82) is 0 Å². The maximum absolute atomic E-state index is 12.1. The average Bonchev–Trinajstić information content (AvgIpc) is 2.43. The fourth-order valence-corrected chi connectivity index (χ4v) is 2.38. The third-order valence-electron chi connectivity index (χ3n) is 3.25. The lowest BCUT2D eigenvalue weighted by atomic mass is 10.0. The summed E-state index contributed by atoms with van der Waals surface area (Å²) >= 11 is 0. The van der Waals surface area contributed by atoms with E-state index < -0.39 is 5.97 Å². The number of hydrogen-bond acceptors (Lipinski definition) is 3. The van der Waals surface area contributed by atoms with E-state index in [9.17, 15) is 9.59 Å². The summed E-state index contributed by atoms with van der Waals surface area (Å²) < 4.78 is 5.31. The molecule has 0 spiro atoms. The maximum Gasteiger partial charge on any atom is 0.303 e. The number of carbonyl (C=O) groups is 2. The summed E-state index contributed by atoms with van der Waals surface area (Å²) in [5.41, 5.74) is 1.88. The third kappa shape index (κ3) is 2.86. The Bertz CT molecular complexity index is 484. The first-order valence-corrected chi connectivity index (χ1v) is 6.31. The van der Waals surface area contributed by atoms with Crippen molar-refractivity contribution in [1.82, 2.24) is 0 Å². The quantitative estimate of drug-likeness (QED) is 0.900. The summed E-state index contributed by atoms with van der Waals surface area (Å²) in [6.07, 6.45) is 1.68. The van der Waals surface area contributed by atoms with Crippen LogP contribution in [0.25, 0.3) is 0 Å². The molecule has 0 radical (unpaired) electrons. The van der Waals surface area contributed by atoms with Crippen molar-refractivity contribution in [3.8, 4) is 5.75 Å². The molecule has 0 bridgehead atoms. The first-order chi connectivity index (χ1) is 9.13. The highest BCUT2D eigenvalue weighted by atomic mass is 16.5. The SMILES string of the molecule is COc1cccc2c1N(C(=O)CCC(=O)O)CCC2. The van der Waals surface area contributed by atoms with Crippen LogP contribution < -0.4 is 9.64 Å². The monoisotopic (exact) mass is 263 g/mol. The smallest absolute Gasteiger partial charge is 0.303 e. The minimum Gasteiger partial charge on any atom is -0.495 e. The molecule has 1 aromatic rings. The number of carboxylic acids is 1. The Morgan fingerprint density at radius 1 is 1.37 bits per heavy atom. The summed E-state index contributed by atoms with van der Waals surface area (Å²) in [4.78, 5) is 24.4. The van der Waals surface area contributed by atoms with Crippen LogP contribution in [-0.4, -0.2) is 30.6 Å². The lowest BCUT2D eigenvalue weighted by Gasteiger charge is -2.30. The highest BCUT2D eigenvalue weighted by molar-refractivity contribution is 5.97. The summed E-state index contributed by atoms with van der Waals surface area (Å²) in [6.45, 7) is 0.617. The van der Waals surface area contributed by atoms with E-state index in [0.29, 0.717) is 12.3 Å². The van der Waals surface area contributed by atoms with Gasteiger partial charge in [-0.3, -0.25) is 9.59 Å². The van der Waals surface area contributed by atoms with E-state index in [2.05, 4.69) is 0 Å². The molecule has 0 aromatic heterocycles. The molecule has 102 valence electrons. The summed E-state index contributed by atoms with van der Waals surface area (Å²) in [5, 5.41) is 8.66. The second kappa shape index (κ2) is 5.73. The molecule has 0 atom stereocenters. The van der Waals surface area contributed by atoms with Crippen LogP contribution >= 0.6 is 0 Å². The normalized spacial score (nSPS) is 13.8. The van der Waals surface area contributed by atoms with Gasteiger partial charge in [0.15, 0.2) is 0 Å². The van der Waals surface area contributed by atoms with E-state index in [1.807, 2.05) is 18.2 Å². The van der Waals surface area contributed by atoms with E-state index in [0.717, 1.165) is 24.1 Å². The van der Waals surface area contributed by atoms with E-state index >= 15 is 0 Å². The molecule has 2 rings (SSSR count). The molecule has 1 heterocycles. The predicted octanol–water partition coefficient (Wildman–Crippen LogP) is 1.84. The Kier molecular flexibility index (Phi) is 4.04. The number of methoxy groups -OCH3 is 1. The number of anilines is 1. The Hall–Kier alpha value is -2.04. The third-order valence-corrected chi connectivity index (χ3v) is 3.25. The zero-order chi connectivity index (χ0) is 13.8. The lowest BCUT2D eigenvalue weighted by Crippen LogP contribution is -2.36. The van der Waals surface area contributed by atoms with Crippen molar-refractivity contribution in [2.75, 3.05) is 18.6 Å². The van der Waals surface area contributed by atoms with Gasteiger partial charge in [0.05, 0.1) is 19.2 Å². The van der Waals surface area contributed by atoms with Gasteiger partial charge >= 0.3 is 5.97 Å². The number of carboxylic acid groups (broad SMARTS) is 1. The number of benzene rings is 1. The van der Waals surface area contributed by atoms with Gasteiger partial charge in [0.25, 0.3) is 0 Å². The summed E-state index contributed by atoms with van der Waals surface area (Å²) in [5.74, 6) is -0.445. The number of ether oxygens (including phenoxy) is 1. The predicted molar refractivity (Wildman–Crippen MR) is 70.5 cm³/mol. The zero-order valence-electron chi connectivity index (χ0n) is 10.9. The molecule has 0 saturated carbocycles. The maximum atomic E-state index is 12.1. The number of fused-ring (bicyclic) bond motifs is 1. The molecule has 1 aromatic carbocycles. The first-order valence-electron chi connectivity index (χ1n) is 6.31. The van der Waals surface area contributed by atoms with Gasteiger partial charge in [0.2, 0.25) is 5.91 Å². The van der Waals surface area contributed by atoms with Gasteiger partial charge in [-0.2, -0.15) is 0 Å². The fraction of sp³-hybridized carbons (Fsp3) is 0.429. The van der Waals surface area contributed by atoms with E-state index in [1.54, 1.807) is 12.0 Å². The van der Waals surface area contributed by atoms with Crippen LogP contribution in [0.2, 0.25) is 0 Å². The van der Waals surface area contributed by atoms with E-state index in [4.69, 9.17) is 9.84 Å². The molecule has 1 amide bonds. The van der Waals surface area contributed by atoms with Crippen LogP contribution in [0, 0.1) is 0 Å². The van der Waals surface area contributed by atoms with Crippen molar-refractivity contribution in [3.05, 3.63) is 23.8 Å². The van der Waals surface area contributed by atoms with Crippen molar-refractivity contribution >= 4 is 17.6 Å². The van der Waals surface area contributed by atoms with Crippen LogP contribution in [0.15, 0.2) is 18.2 Å². The number of para-hydroxylation sites is 1. The molecule has 5 nitrogen and oxygen atoms in total. The van der Waals surface area contributed by atoms with Crippen molar-refractivity contribution < 1.29 is 19.4 Å². The molecule has 0 fully saturated rings. The van der Waals surface area contributed by atoms with E-state index in [1.165, 1.54) is 0 Å². The molecule has 5 heteroatoms. The highest BCUT2D eigenvalue weighted by Crippen LogP contribution is 2.36. The average molecular weight is 263 g/mol. The largest absolute Gasteiger partial charge is 0.495 e. The lowest BCUT2D eigenvalue weighted by molar-refractivity contribution is -0.138. The minimum absolute atomic E-state index is 0.0207. The van der Waals surface area contributed by atoms with Gasteiger partial charge < -0.3 is 14.7 Å². The summed E-state index contributed by atoms with van der Waals surface area (Å²) in [6, 6.07) is 5.71. The molecular weight excluding hydrogens is 246 g/mol. The molecule has 0 unspecified atom stereocenters. The van der Waals surface area contributed by atoms with Gasteiger partial charge in [0, 0.05) is 13.0 Å². The zero-order valence-corrected chi connectivity index (χ0v) is 10.9. The van der Waals surface area contributed by atoms with Gasteiger partial charge in [-0.15, -0.1) is 0 Å². The summed E-state index contributed by atoms with van der Waals surface area (Å²) in [7, 11) is 1.57. The number of hydrogen-bond donors (Lipinski definition) is 1. The van der Waals surface area contributed by atoms with Gasteiger partial charge in [-0.1, -0.05) is 12.1 Å². The molecule has 1 aliphatic rings. The molecule has 0 aliphatic carbocycles. The van der Waals surface area contributed by atoms with Crippen LogP contribution in [0.1, 0.15) is 24.8 Å². The number of nitrogens with zero attached hydrogens (tertiary/aromatic N) is 1. The van der Waals surface area contributed by atoms with Crippen molar-refractivity contribution in [2.45, 2.75) is 25.7 Å². The number of aryl methyl sites for hydroxylation is 1. The van der Waals surface area contributed by atoms with Gasteiger partial charge in [0.1, 0.15) is 5.75 Å². The molecule has 19 heavy (non-hydrogen) atoms. The molecule has 0 saturated heterocycles. The van der Waals surface area contributed by atoms with Crippen molar-refractivity contribution in [3.63, 3.8) is 0 Å². The van der Waals surface area contributed by atoms with Crippen LogP contribution in [0.4, 0.5) is 5.69 Å². The molecular formula is C14H17NO4. The second-order valence-electron chi connectivity index (χ2n) is 4.51. The van der Waals surface area contributed by atoms with Crippen molar-refractivity contribution in [2.24, 2.45) is 0 Å². The van der Waals surface area contributed by atoms with Gasteiger partial charge in [-0.25, -0.2) is 0 Å². The highest BCUT2D eigenvalue weighted by Gasteiger charge is 2.25. The van der Waals surface area contributed by atoms with Gasteiger partial charge in [-0.05, 0) is 24.5 Å². The van der Waals surface area contributed by atoms with Crippen LogP contribution in [0.5, 0.6) is 5.75 Å². The number of amides is 1. The number of carbonyl (C=O) groups excluding carboxylic acids is 1. The van der Waals surface area contributed by atoms with Crippen LogP contribution in [-0.2, 0) is 16.0 Å². The van der Waals surface area contributed by atoms with Crippen LogP contribution in [0.3, 0.4) is 0 Å². The van der Waals surface area contributed by atoms with E-state index in [-0.39, 0.29) is 18.7 Å². The standard InChI is InChI=1S/C14H17NO4/c1-19-11-6-2-4-10-5-3-9-15(14(10)11)12(16)7-8-13(17)18/h2,4,6H,3,5,7-9H2,1H3,(H,17,18). The Balaban J connectivity index is 2.25. The molecule has 1 N–H and O–H groups in total.